The minimum Gasteiger partial charge on any atom is -0.387 e. The zero-order valence-electron chi connectivity index (χ0n) is 11.9. The zero-order chi connectivity index (χ0) is 15.5. The minimum absolute atomic E-state index is 0.199. The molecule has 0 aliphatic carbocycles. The SMILES string of the molecule is CC(N)=Nc1cc2c(/C=C/c3cccnc3)n[nH]c2cc1F. The molecule has 2 heterocycles. The number of H-pyrrole nitrogens is 1. The highest BCUT2D eigenvalue weighted by Crippen LogP contribution is 2.27. The highest BCUT2D eigenvalue weighted by Gasteiger charge is 2.09. The molecule has 1 aromatic carbocycles. The largest absolute Gasteiger partial charge is 0.387 e. The lowest BCUT2D eigenvalue weighted by atomic mass is 10.1. The molecule has 0 saturated carbocycles. The van der Waals surface area contributed by atoms with E-state index in [9.17, 15) is 4.39 Å². The third kappa shape index (κ3) is 2.85. The van der Waals surface area contributed by atoms with Gasteiger partial charge in [-0.1, -0.05) is 12.1 Å². The van der Waals surface area contributed by atoms with Gasteiger partial charge >= 0.3 is 0 Å². The average Bonchev–Trinajstić information content (AvgIpc) is 2.88. The van der Waals surface area contributed by atoms with E-state index in [-0.39, 0.29) is 5.69 Å². The number of fused-ring (bicyclic) bond motifs is 1. The molecule has 0 radical (unpaired) electrons. The van der Waals surface area contributed by atoms with Crippen molar-refractivity contribution in [2.75, 3.05) is 0 Å². The predicted molar refractivity (Wildman–Crippen MR) is 86.2 cm³/mol. The fraction of sp³-hybridized carbons (Fsp3) is 0.0625. The third-order valence-electron chi connectivity index (χ3n) is 3.07. The van der Waals surface area contributed by atoms with Crippen molar-refractivity contribution in [1.29, 1.82) is 0 Å². The van der Waals surface area contributed by atoms with Gasteiger partial charge in [0.05, 0.1) is 17.0 Å². The number of amidine groups is 1. The van der Waals surface area contributed by atoms with Crippen molar-refractivity contribution in [3.63, 3.8) is 0 Å². The smallest absolute Gasteiger partial charge is 0.151 e. The molecular formula is C16H14FN5. The third-order valence-corrected chi connectivity index (χ3v) is 3.07. The molecule has 2 aromatic heterocycles. The van der Waals surface area contributed by atoms with Crippen molar-refractivity contribution in [2.24, 2.45) is 10.7 Å². The fourth-order valence-electron chi connectivity index (χ4n) is 2.10. The number of benzene rings is 1. The summed E-state index contributed by atoms with van der Waals surface area (Å²) >= 11 is 0. The number of rotatable bonds is 3. The lowest BCUT2D eigenvalue weighted by Gasteiger charge is -1.99. The van der Waals surface area contributed by atoms with E-state index in [1.54, 1.807) is 25.4 Å². The molecule has 5 nitrogen and oxygen atoms in total. The van der Waals surface area contributed by atoms with E-state index in [1.807, 2.05) is 24.3 Å². The number of aromatic amines is 1. The van der Waals surface area contributed by atoms with Gasteiger partial charge in [0.25, 0.3) is 0 Å². The summed E-state index contributed by atoms with van der Waals surface area (Å²) in [5.74, 6) is -0.141. The van der Waals surface area contributed by atoms with Crippen LogP contribution < -0.4 is 5.73 Å². The molecule has 0 unspecified atom stereocenters. The van der Waals surface area contributed by atoms with Gasteiger partial charge in [-0.15, -0.1) is 0 Å². The number of hydrogen-bond donors (Lipinski definition) is 2. The topological polar surface area (TPSA) is 79.9 Å². The first-order chi connectivity index (χ1) is 10.6. The molecule has 0 amide bonds. The number of pyridine rings is 1. The highest BCUT2D eigenvalue weighted by atomic mass is 19.1. The molecule has 0 bridgehead atoms. The molecule has 110 valence electrons. The van der Waals surface area contributed by atoms with Crippen LogP contribution >= 0.6 is 0 Å². The molecule has 0 saturated heterocycles. The summed E-state index contributed by atoms with van der Waals surface area (Å²) in [7, 11) is 0. The number of nitrogens with two attached hydrogens (primary N) is 1. The number of aliphatic imine (C=N–C) groups is 1. The van der Waals surface area contributed by atoms with Crippen LogP contribution in [0, 0.1) is 5.82 Å². The van der Waals surface area contributed by atoms with Gasteiger partial charge in [0.15, 0.2) is 5.82 Å². The van der Waals surface area contributed by atoms with E-state index in [4.69, 9.17) is 5.73 Å². The normalized spacial score (nSPS) is 12.4. The Labute approximate surface area is 126 Å². The monoisotopic (exact) mass is 295 g/mol. The lowest BCUT2D eigenvalue weighted by Crippen LogP contribution is -2.04. The summed E-state index contributed by atoms with van der Waals surface area (Å²) < 4.78 is 13.9. The molecule has 3 N–H and O–H groups in total. The highest BCUT2D eigenvalue weighted by molar-refractivity contribution is 5.92. The van der Waals surface area contributed by atoms with Gasteiger partial charge in [0, 0.05) is 23.8 Å². The van der Waals surface area contributed by atoms with Crippen LogP contribution in [-0.2, 0) is 0 Å². The second-order valence-corrected chi connectivity index (χ2v) is 4.83. The summed E-state index contributed by atoms with van der Waals surface area (Å²) in [4.78, 5) is 8.04. The molecule has 0 fully saturated rings. The molecule has 0 aliphatic heterocycles. The van der Waals surface area contributed by atoms with Crippen molar-refractivity contribution >= 4 is 34.6 Å². The summed E-state index contributed by atoms with van der Waals surface area (Å²) in [5.41, 5.74) is 7.99. The van der Waals surface area contributed by atoms with Crippen molar-refractivity contribution in [1.82, 2.24) is 15.2 Å². The Hall–Kier alpha value is -3.02. The molecule has 0 spiro atoms. The van der Waals surface area contributed by atoms with Crippen LogP contribution in [-0.4, -0.2) is 21.0 Å². The van der Waals surface area contributed by atoms with E-state index in [1.165, 1.54) is 6.07 Å². The molecule has 0 aliphatic rings. The van der Waals surface area contributed by atoms with Crippen LogP contribution in [0.25, 0.3) is 23.1 Å². The summed E-state index contributed by atoms with van der Waals surface area (Å²) in [5, 5.41) is 7.78. The second kappa shape index (κ2) is 5.77. The quantitative estimate of drug-likeness (QED) is 0.575. The minimum atomic E-state index is -0.441. The summed E-state index contributed by atoms with van der Waals surface area (Å²) in [6, 6.07) is 6.79. The van der Waals surface area contributed by atoms with E-state index in [0.717, 1.165) is 10.9 Å². The van der Waals surface area contributed by atoms with E-state index < -0.39 is 5.82 Å². The first kappa shape index (κ1) is 13.9. The number of nitrogens with one attached hydrogen (secondary N) is 1. The average molecular weight is 295 g/mol. The van der Waals surface area contributed by atoms with E-state index in [2.05, 4.69) is 20.2 Å². The van der Waals surface area contributed by atoms with Gasteiger partial charge in [-0.25, -0.2) is 9.38 Å². The van der Waals surface area contributed by atoms with Crippen molar-refractivity contribution in [3.8, 4) is 0 Å². The Morgan fingerprint density at radius 2 is 2.23 bits per heavy atom. The number of nitrogens with zero attached hydrogens (tertiary/aromatic N) is 3. The summed E-state index contributed by atoms with van der Waals surface area (Å²) in [6.07, 6.45) is 7.20. The van der Waals surface area contributed by atoms with E-state index in [0.29, 0.717) is 17.0 Å². The van der Waals surface area contributed by atoms with Gasteiger partial charge < -0.3 is 5.73 Å². The lowest BCUT2D eigenvalue weighted by molar-refractivity contribution is 0.631. The standard InChI is InChI=1S/C16H14FN5/c1-10(18)20-16-7-12-14(21-22-15(12)8-13(16)17)5-4-11-3-2-6-19-9-11/h2-9H,1H3,(H2,18,20)(H,21,22)/b5-4+. The fourth-order valence-corrected chi connectivity index (χ4v) is 2.10. The van der Waals surface area contributed by atoms with E-state index >= 15 is 0 Å². The van der Waals surface area contributed by atoms with Gasteiger partial charge in [0.1, 0.15) is 5.69 Å². The Bertz CT molecular complexity index is 861. The van der Waals surface area contributed by atoms with Gasteiger partial charge in [-0.3, -0.25) is 10.1 Å². The Morgan fingerprint density at radius 1 is 1.36 bits per heavy atom. The maximum Gasteiger partial charge on any atom is 0.151 e. The van der Waals surface area contributed by atoms with Gasteiger partial charge in [0.2, 0.25) is 0 Å². The maximum atomic E-state index is 13.9. The Balaban J connectivity index is 2.04. The maximum absolute atomic E-state index is 13.9. The van der Waals surface area contributed by atoms with Crippen molar-refractivity contribution in [2.45, 2.75) is 6.92 Å². The Morgan fingerprint density at radius 3 is 2.95 bits per heavy atom. The van der Waals surface area contributed by atoms with Crippen LogP contribution in [0.5, 0.6) is 0 Å². The first-order valence-corrected chi connectivity index (χ1v) is 6.70. The number of hydrogen-bond acceptors (Lipinski definition) is 3. The van der Waals surface area contributed by atoms with Crippen LogP contribution in [0.3, 0.4) is 0 Å². The molecule has 3 rings (SSSR count). The predicted octanol–water partition coefficient (Wildman–Crippen LogP) is 3.28. The second-order valence-electron chi connectivity index (χ2n) is 4.83. The van der Waals surface area contributed by atoms with Crippen molar-refractivity contribution < 1.29 is 4.39 Å². The van der Waals surface area contributed by atoms with Crippen LogP contribution in [0.15, 0.2) is 41.7 Å². The molecule has 3 aromatic rings. The molecular weight excluding hydrogens is 281 g/mol. The first-order valence-electron chi connectivity index (χ1n) is 6.70. The number of halogens is 1. The van der Waals surface area contributed by atoms with Crippen LogP contribution in [0.1, 0.15) is 18.2 Å². The van der Waals surface area contributed by atoms with Crippen LogP contribution in [0.4, 0.5) is 10.1 Å². The van der Waals surface area contributed by atoms with Crippen molar-refractivity contribution in [3.05, 3.63) is 53.7 Å². The molecule has 0 atom stereocenters. The number of aromatic nitrogens is 3. The Kier molecular flexibility index (Phi) is 3.65. The molecule has 6 heteroatoms. The van der Waals surface area contributed by atoms with Gasteiger partial charge in [-0.2, -0.15) is 5.10 Å². The van der Waals surface area contributed by atoms with Gasteiger partial charge in [-0.05, 0) is 30.7 Å². The zero-order valence-corrected chi connectivity index (χ0v) is 11.9. The van der Waals surface area contributed by atoms with Crippen LogP contribution in [0.2, 0.25) is 0 Å². The summed E-state index contributed by atoms with van der Waals surface area (Å²) in [6.45, 7) is 1.61. The molecule has 22 heavy (non-hydrogen) atoms.